The maximum absolute atomic E-state index is 16.4. The van der Waals surface area contributed by atoms with Gasteiger partial charge in [0.1, 0.15) is 114 Å². The number of carbonyl (C=O) groups is 8. The van der Waals surface area contributed by atoms with Crippen molar-refractivity contribution in [2.24, 2.45) is 35.3 Å². The van der Waals surface area contributed by atoms with Crippen molar-refractivity contribution in [3.8, 4) is 62.9 Å². The summed E-state index contributed by atoms with van der Waals surface area (Å²) in [5.41, 5.74) is 3.17. The van der Waals surface area contributed by atoms with E-state index < -0.39 is 228 Å². The number of aliphatic hydroxyl groups is 6. The van der Waals surface area contributed by atoms with Crippen molar-refractivity contribution in [3.05, 3.63) is 141 Å². The molecule has 4 saturated carbocycles. The largest absolute Gasteiger partial charge is 0.508 e. The van der Waals surface area contributed by atoms with Crippen molar-refractivity contribution >= 4 is 80.5 Å². The Kier molecular flexibility index (Phi) is 24.2. The third kappa shape index (κ3) is 17.1. The van der Waals surface area contributed by atoms with Crippen LogP contribution in [0.4, 0.5) is 0 Å². The van der Waals surface area contributed by atoms with Crippen LogP contribution >= 0.6 is 23.2 Å². The molecule has 20 N–H and O–H groups in total. The zero-order valence-electron chi connectivity index (χ0n) is 61.3. The zero-order valence-corrected chi connectivity index (χ0v) is 63.7. The topological polar surface area (TPSA) is 533 Å². The third-order valence-corrected chi connectivity index (χ3v) is 23.7. The first-order valence-electron chi connectivity index (χ1n) is 36.9. The molecule has 15 bridgehead atoms. The number of nitrogens with two attached hydrogens (primary N) is 1. The number of rotatable bonds is 17. The number of hydrogen-bond acceptors (Lipinski definition) is 26. The number of benzene rings is 6. The van der Waals surface area contributed by atoms with Gasteiger partial charge in [0.25, 0.3) is 10.0 Å². The molecule has 1 saturated heterocycles. The number of aromatic hydroxyl groups is 3. The van der Waals surface area contributed by atoms with Gasteiger partial charge in [0.2, 0.25) is 59.3 Å². The lowest BCUT2D eigenvalue weighted by Gasteiger charge is -2.54. The number of aliphatic hydroxyl groups excluding tert-OH is 6. The second kappa shape index (κ2) is 33.7. The minimum Gasteiger partial charge on any atom is -0.508 e. The molecule has 0 aromatic heterocycles. The molecule has 0 radical (unpaired) electrons. The van der Waals surface area contributed by atoms with Crippen LogP contribution in [0.2, 0.25) is 10.0 Å². The average molecular weight is 1640 g/mol. The van der Waals surface area contributed by atoms with E-state index in [-0.39, 0.29) is 76.6 Å². The molecule has 5 fully saturated rings. The highest BCUT2D eigenvalue weighted by atomic mass is 35.5. The highest BCUT2D eigenvalue weighted by molar-refractivity contribution is 7.90. The van der Waals surface area contributed by atoms with E-state index in [0.717, 1.165) is 111 Å². The lowest BCUT2D eigenvalue weighted by atomic mass is 9.54. The van der Waals surface area contributed by atoms with Crippen LogP contribution < -0.4 is 71.9 Å². The number of amides is 8. The Morgan fingerprint density at radius 2 is 1.25 bits per heavy atom. The number of halogens is 2. The molecule has 8 amide bonds. The summed E-state index contributed by atoms with van der Waals surface area (Å²) in [6.07, 6.45) is -11.2. The van der Waals surface area contributed by atoms with Crippen LogP contribution in [0.5, 0.6) is 51.7 Å². The lowest BCUT2D eigenvalue weighted by Crippen LogP contribution is -2.60. The Labute approximate surface area is 661 Å². The van der Waals surface area contributed by atoms with Gasteiger partial charge in [-0.05, 0) is 182 Å². The standard InChI is InChI=1S/C77H86Cl2N10O24S/c1-31(2)16-47(81-3)70(100)87-62-64(95)35-5-12-51(45(78)23-35)110-53-25-39-26-54(69(53)113-77-68(99)67(98)66(97)55(30-90)112-77)111-52-13-6-36(24-46(52)79)65(96)63-76(106)86-61(74(104)83-58-37-18-32-17-33(20-37)21-38(58)19-32)44-27-40(91)28-50(93)57(44)43-22-34(4-11-49(43)92)59(72(102)88-63)85-73(103)60(39)84-71(101)48(82-75(62)105)29-56(94)89-114(107,108)42-9-7-41(8-10-42)109-15-14-80/h4-13,22-28,31-33,37-38,47-48,55,58-68,77,81,90-93,95-99H,14-21,29-30,80H2,1-3H3,(H,82,105)(H,83,104)(H,84,101)(H,85,103)(H,86,106)(H,87,100)(H,88,102)(H,89,94)/t32?,33?,37?,38?,47-,48+,55-,58?,59-,60-,61+,62-,63+,64-,65-,66-,67+,68-,77+/m1/s1. The van der Waals surface area contributed by atoms with Gasteiger partial charge < -0.3 is 118 Å². The normalized spacial score (nSPS) is 28.2. The Balaban J connectivity index is 1.00. The SMILES string of the molecule is CN[C@H](CC(C)C)C(=O)N[C@H]1C(=O)N[C@@H](CC(=O)NS(=O)(=O)c2ccc(OCCN)cc2)C(=O)N[C@H]2C(=O)N[C@H]3C(=O)N[C@H](C(=O)N[C@H](C(=O)NC4C5CC6CC(C5)CC4C6)c4cc(O)cc(O)c4-c4cc3ccc4O)[C@H](O)c3ccc(c(Cl)c3)Oc3cc2cc(c3O[C@@H]2O[C@H](CO)[C@@H](O)[C@H](O)[C@H]2O)Oc2ccc(cc2Cl)[C@H]1O. The van der Waals surface area contributed by atoms with Gasteiger partial charge in [-0.15, -0.1) is 0 Å². The van der Waals surface area contributed by atoms with Crippen LogP contribution in [0.15, 0.2) is 108 Å². The zero-order chi connectivity index (χ0) is 81.6. The summed E-state index contributed by atoms with van der Waals surface area (Å²) in [6, 6.07) is 3.86. The summed E-state index contributed by atoms with van der Waals surface area (Å²) in [7, 11) is -3.45. The van der Waals surface area contributed by atoms with Crippen LogP contribution in [-0.2, 0) is 53.1 Å². The van der Waals surface area contributed by atoms with Crippen LogP contribution in [-0.4, -0.2) is 189 Å². The predicted octanol–water partition coefficient (Wildman–Crippen LogP) is 2.08. The number of phenols is 3. The van der Waals surface area contributed by atoms with Gasteiger partial charge in [-0.25, -0.2) is 13.1 Å². The summed E-state index contributed by atoms with van der Waals surface area (Å²) in [4.78, 5) is 123. The molecule has 0 spiro atoms. The van der Waals surface area contributed by atoms with Crippen LogP contribution in [0.25, 0.3) is 11.1 Å². The van der Waals surface area contributed by atoms with Crippen molar-refractivity contribution in [1.29, 1.82) is 0 Å². The van der Waals surface area contributed by atoms with E-state index in [1.165, 1.54) is 31.3 Å². The molecule has 34 nitrogen and oxygen atoms in total. The molecule has 608 valence electrons. The van der Waals surface area contributed by atoms with Crippen molar-refractivity contribution < 1.29 is 116 Å². The molecule has 6 heterocycles. The molecular formula is C77H86Cl2N10O24S. The third-order valence-electron chi connectivity index (χ3n) is 21.7. The molecule has 6 aliphatic heterocycles. The molecule has 10 aliphatic rings. The van der Waals surface area contributed by atoms with Crippen molar-refractivity contribution in [2.75, 3.05) is 26.8 Å². The maximum atomic E-state index is 16.4. The molecule has 6 aromatic rings. The number of likely N-dealkylation sites (N-methyl/N-ethyl adjacent to an activating group) is 1. The van der Waals surface area contributed by atoms with E-state index in [0.29, 0.717) is 11.8 Å². The van der Waals surface area contributed by atoms with E-state index >= 15 is 28.8 Å². The Morgan fingerprint density at radius 1 is 0.640 bits per heavy atom. The van der Waals surface area contributed by atoms with Crippen molar-refractivity contribution in [1.82, 2.24) is 47.3 Å². The Bertz CT molecular complexity index is 4840. The van der Waals surface area contributed by atoms with Gasteiger partial charge in [-0.1, -0.05) is 55.2 Å². The van der Waals surface area contributed by atoms with Crippen LogP contribution in [0.1, 0.15) is 117 Å². The molecule has 37 heteroatoms. The highest BCUT2D eigenvalue weighted by Crippen LogP contribution is 2.55. The number of carbonyl (C=O) groups excluding carboxylic acids is 8. The van der Waals surface area contributed by atoms with Gasteiger partial charge in [0.05, 0.1) is 34.0 Å². The fourth-order valence-corrected chi connectivity index (χ4v) is 17.7. The first-order valence-corrected chi connectivity index (χ1v) is 39.2. The first-order chi connectivity index (χ1) is 54.3. The van der Waals surface area contributed by atoms with Crippen molar-refractivity contribution in [3.63, 3.8) is 0 Å². The highest BCUT2D eigenvalue weighted by Gasteiger charge is 2.51. The molecule has 6 aromatic carbocycles. The first kappa shape index (κ1) is 81.9. The maximum Gasteiger partial charge on any atom is 0.264 e. The van der Waals surface area contributed by atoms with Crippen LogP contribution in [0.3, 0.4) is 0 Å². The summed E-state index contributed by atoms with van der Waals surface area (Å²) >= 11 is 14.2. The smallest absolute Gasteiger partial charge is 0.264 e. The molecule has 0 unspecified atom stereocenters. The van der Waals surface area contributed by atoms with E-state index in [9.17, 15) is 64.0 Å². The molecular weight excluding hydrogens is 1550 g/mol. The molecule has 16 rings (SSSR count). The number of phenolic OH excluding ortho intramolecular Hbond substituents is 3. The number of hydrogen-bond donors (Lipinski definition) is 19. The number of sulfonamides is 1. The van der Waals surface area contributed by atoms with Crippen LogP contribution in [0, 0.1) is 29.6 Å². The van der Waals surface area contributed by atoms with E-state index in [1.54, 1.807) is 13.8 Å². The van der Waals surface area contributed by atoms with Gasteiger partial charge in [-0.2, -0.15) is 0 Å². The monoisotopic (exact) mass is 1640 g/mol. The summed E-state index contributed by atoms with van der Waals surface area (Å²) in [5.74, 6) is -14.2. The fraction of sp³-hybridized carbons (Fsp3) is 0.429. The molecule has 14 atom stereocenters. The number of fused-ring (bicyclic) bond motifs is 15. The number of ether oxygens (including phenoxy) is 5. The van der Waals surface area contributed by atoms with Crippen molar-refractivity contribution in [2.45, 2.75) is 155 Å². The summed E-state index contributed by atoms with van der Waals surface area (Å²) < 4.78 is 60.8. The molecule has 4 aliphatic carbocycles. The van der Waals surface area contributed by atoms with Gasteiger partial charge in [0.15, 0.2) is 11.5 Å². The Hall–Kier alpha value is -10.2. The lowest BCUT2D eigenvalue weighted by molar-refractivity contribution is -0.277. The minimum atomic E-state index is -4.90. The average Bonchev–Trinajstić information content (AvgIpc) is 0.763. The van der Waals surface area contributed by atoms with Gasteiger partial charge >= 0.3 is 0 Å². The van der Waals surface area contributed by atoms with Gasteiger partial charge in [-0.3, -0.25) is 38.4 Å². The van der Waals surface area contributed by atoms with E-state index in [4.69, 9.17) is 52.6 Å². The molecule has 114 heavy (non-hydrogen) atoms. The fourth-order valence-electron chi connectivity index (χ4n) is 16.3. The predicted molar refractivity (Wildman–Crippen MR) is 401 cm³/mol. The second-order valence-corrected chi connectivity index (χ2v) is 32.5. The summed E-state index contributed by atoms with van der Waals surface area (Å²) in [6.45, 7) is 2.77. The quantitative estimate of drug-likeness (QED) is 0.0621. The van der Waals surface area contributed by atoms with E-state index in [1.807, 2.05) is 4.72 Å². The Morgan fingerprint density at radius 3 is 1.85 bits per heavy atom. The van der Waals surface area contributed by atoms with E-state index in [2.05, 4.69) is 42.5 Å². The number of nitrogens with one attached hydrogen (secondary N) is 9. The van der Waals surface area contributed by atoms with Gasteiger partial charge in [0, 0.05) is 29.8 Å². The minimum absolute atomic E-state index is 0.0504. The summed E-state index contributed by atoms with van der Waals surface area (Å²) in [5, 5.41) is 125. The second-order valence-electron chi connectivity index (χ2n) is 30.0.